The smallest absolute Gasteiger partial charge is 0.320 e. The number of hydrogen-bond donors (Lipinski definition) is 1. The minimum atomic E-state index is -0.816. The summed E-state index contributed by atoms with van der Waals surface area (Å²) >= 11 is 0. The largest absolute Gasteiger partial charge is 0.457 e. The number of nitro benzene ring substituents is 1. The predicted molar refractivity (Wildman–Crippen MR) is 112 cm³/mol. The zero-order valence-electron chi connectivity index (χ0n) is 17.0. The van der Waals surface area contributed by atoms with Crippen molar-refractivity contribution >= 4 is 23.0 Å². The number of rotatable bonds is 7. The molecule has 3 aromatic rings. The Morgan fingerprint density at radius 1 is 1.03 bits per heavy atom. The molecule has 0 saturated carbocycles. The van der Waals surface area contributed by atoms with E-state index in [4.69, 9.17) is 4.74 Å². The van der Waals surface area contributed by atoms with Crippen molar-refractivity contribution in [3.05, 3.63) is 79.6 Å². The number of nitrogens with one attached hydrogen (secondary N) is 1. The normalized spacial score (nSPS) is 10.5. The van der Waals surface area contributed by atoms with E-state index in [1.807, 2.05) is 19.9 Å². The number of benzene rings is 2. The molecule has 0 saturated heterocycles. The minimum absolute atomic E-state index is 0.0525. The molecule has 3 rings (SSSR count). The summed E-state index contributed by atoms with van der Waals surface area (Å²) in [4.78, 5) is 34.0. The lowest BCUT2D eigenvalue weighted by Crippen LogP contribution is -2.18. The zero-order chi connectivity index (χ0) is 22.7. The van der Waals surface area contributed by atoms with Crippen molar-refractivity contribution in [2.75, 3.05) is 5.32 Å². The Kier molecular flexibility index (Phi) is 5.95. The van der Waals surface area contributed by atoms with Gasteiger partial charge in [0.25, 0.3) is 11.6 Å². The van der Waals surface area contributed by atoms with Crippen LogP contribution in [-0.4, -0.2) is 25.5 Å². The Morgan fingerprint density at radius 3 is 2.26 bits per heavy atom. The van der Waals surface area contributed by atoms with Gasteiger partial charge in [0.05, 0.1) is 21.6 Å². The van der Waals surface area contributed by atoms with E-state index in [1.54, 1.807) is 19.1 Å². The SMILES string of the molecule is CCn1ncc([N+](=O)[O-])c1C(=O)Nc1cc(Oc2cc(C)cc(C)c2)cc([N+](=O)[O-])c1. The standard InChI is InChI=1S/C20H19N5O6/c1-4-23-19(18(11-21-23)25(29)30)20(26)22-14-8-15(24(27)28)10-17(9-14)31-16-6-12(2)5-13(3)7-16/h5-11H,4H2,1-3H3,(H,22,26). The maximum Gasteiger partial charge on any atom is 0.320 e. The second kappa shape index (κ2) is 8.61. The minimum Gasteiger partial charge on any atom is -0.457 e. The highest BCUT2D eigenvalue weighted by atomic mass is 16.6. The molecule has 0 fully saturated rings. The molecule has 1 aromatic heterocycles. The number of hydrogen-bond acceptors (Lipinski definition) is 7. The summed E-state index contributed by atoms with van der Waals surface area (Å²) in [6, 6.07) is 9.27. The van der Waals surface area contributed by atoms with Gasteiger partial charge in [-0.15, -0.1) is 0 Å². The summed E-state index contributed by atoms with van der Waals surface area (Å²) < 4.78 is 6.95. The molecule has 0 unspecified atom stereocenters. The predicted octanol–water partition coefficient (Wildman–Crippen LogP) is 4.38. The summed E-state index contributed by atoms with van der Waals surface area (Å²) in [6.07, 6.45) is 0.987. The van der Waals surface area contributed by atoms with Crippen LogP contribution in [0.2, 0.25) is 0 Å². The molecule has 0 bridgehead atoms. The maximum atomic E-state index is 12.7. The van der Waals surface area contributed by atoms with E-state index in [9.17, 15) is 25.0 Å². The molecule has 0 radical (unpaired) electrons. The van der Waals surface area contributed by atoms with Crippen LogP contribution in [-0.2, 0) is 6.54 Å². The molecule has 160 valence electrons. The van der Waals surface area contributed by atoms with Crippen molar-refractivity contribution in [1.82, 2.24) is 9.78 Å². The maximum absolute atomic E-state index is 12.7. The van der Waals surface area contributed by atoms with E-state index < -0.39 is 21.4 Å². The molecule has 1 amide bonds. The third kappa shape index (κ3) is 4.83. The summed E-state index contributed by atoms with van der Waals surface area (Å²) in [6.45, 7) is 5.69. The van der Waals surface area contributed by atoms with Gasteiger partial charge in [-0.25, -0.2) is 0 Å². The van der Waals surface area contributed by atoms with E-state index in [1.165, 1.54) is 16.8 Å². The molecule has 1 N–H and O–H groups in total. The number of nitro groups is 2. The van der Waals surface area contributed by atoms with Gasteiger partial charge >= 0.3 is 5.69 Å². The molecule has 0 aliphatic carbocycles. The third-order valence-corrected chi connectivity index (χ3v) is 4.32. The first-order chi connectivity index (χ1) is 14.7. The molecule has 0 spiro atoms. The van der Waals surface area contributed by atoms with Gasteiger partial charge < -0.3 is 10.1 Å². The highest BCUT2D eigenvalue weighted by Crippen LogP contribution is 2.31. The Bertz CT molecular complexity index is 1170. The first-order valence-electron chi connectivity index (χ1n) is 9.25. The van der Waals surface area contributed by atoms with E-state index >= 15 is 0 Å². The Balaban J connectivity index is 1.96. The number of carbonyl (C=O) groups excluding carboxylic acids is 1. The second-order valence-corrected chi connectivity index (χ2v) is 6.80. The van der Waals surface area contributed by atoms with Gasteiger partial charge in [0.1, 0.15) is 17.7 Å². The fourth-order valence-electron chi connectivity index (χ4n) is 3.12. The first kappa shape index (κ1) is 21.4. The lowest BCUT2D eigenvalue weighted by molar-refractivity contribution is -0.385. The number of aromatic nitrogens is 2. The quantitative estimate of drug-likeness (QED) is 0.437. The van der Waals surface area contributed by atoms with Gasteiger partial charge in [0, 0.05) is 18.7 Å². The van der Waals surface area contributed by atoms with Gasteiger partial charge in [-0.2, -0.15) is 5.10 Å². The second-order valence-electron chi connectivity index (χ2n) is 6.80. The van der Waals surface area contributed by atoms with E-state index in [2.05, 4.69) is 10.4 Å². The average molecular weight is 425 g/mol. The van der Waals surface area contributed by atoms with E-state index in [0.29, 0.717) is 5.75 Å². The average Bonchev–Trinajstić information content (AvgIpc) is 3.11. The number of aryl methyl sites for hydroxylation is 3. The molecule has 1 heterocycles. The molecule has 0 aliphatic rings. The van der Waals surface area contributed by atoms with Gasteiger partial charge in [-0.3, -0.25) is 29.7 Å². The Morgan fingerprint density at radius 2 is 1.68 bits per heavy atom. The lowest BCUT2D eigenvalue weighted by atomic mass is 10.1. The number of ether oxygens (including phenoxy) is 1. The molecule has 2 aromatic carbocycles. The monoisotopic (exact) mass is 425 g/mol. The van der Waals surface area contributed by atoms with Crippen LogP contribution in [0, 0.1) is 34.1 Å². The number of non-ortho nitro benzene ring substituents is 1. The number of anilines is 1. The van der Waals surface area contributed by atoms with Crippen LogP contribution in [0.25, 0.3) is 0 Å². The number of carbonyl (C=O) groups is 1. The molecule has 31 heavy (non-hydrogen) atoms. The van der Waals surface area contributed by atoms with Crippen molar-refractivity contribution in [3.8, 4) is 11.5 Å². The van der Waals surface area contributed by atoms with E-state index in [0.717, 1.165) is 23.4 Å². The van der Waals surface area contributed by atoms with Crippen molar-refractivity contribution in [1.29, 1.82) is 0 Å². The fraction of sp³-hybridized carbons (Fsp3) is 0.200. The summed E-state index contributed by atoms with van der Waals surface area (Å²) in [7, 11) is 0. The summed E-state index contributed by atoms with van der Waals surface area (Å²) in [5, 5.41) is 28.9. The topological polar surface area (TPSA) is 142 Å². The molecule has 0 aliphatic heterocycles. The van der Waals surface area contributed by atoms with Crippen LogP contribution in [0.1, 0.15) is 28.5 Å². The Hall–Kier alpha value is -4.28. The van der Waals surface area contributed by atoms with Gasteiger partial charge in [0.15, 0.2) is 0 Å². The molecular formula is C20H19N5O6. The Labute approximate surface area is 176 Å². The number of nitrogens with zero attached hydrogens (tertiary/aromatic N) is 4. The van der Waals surface area contributed by atoms with Crippen LogP contribution in [0.5, 0.6) is 11.5 Å². The van der Waals surface area contributed by atoms with Crippen molar-refractivity contribution in [2.45, 2.75) is 27.3 Å². The molecule has 11 nitrogen and oxygen atoms in total. The van der Waals surface area contributed by atoms with E-state index in [-0.39, 0.29) is 29.4 Å². The van der Waals surface area contributed by atoms with Crippen molar-refractivity contribution in [3.63, 3.8) is 0 Å². The van der Waals surface area contributed by atoms with Gasteiger partial charge in [-0.1, -0.05) is 6.07 Å². The first-order valence-corrected chi connectivity index (χ1v) is 9.25. The van der Waals surface area contributed by atoms with Crippen LogP contribution in [0.15, 0.2) is 42.6 Å². The lowest BCUT2D eigenvalue weighted by Gasteiger charge is -2.11. The zero-order valence-corrected chi connectivity index (χ0v) is 17.0. The third-order valence-electron chi connectivity index (χ3n) is 4.32. The van der Waals surface area contributed by atoms with Crippen LogP contribution in [0.3, 0.4) is 0 Å². The van der Waals surface area contributed by atoms with Crippen molar-refractivity contribution in [2.24, 2.45) is 0 Å². The highest BCUT2D eigenvalue weighted by Gasteiger charge is 2.27. The summed E-state index contributed by atoms with van der Waals surface area (Å²) in [5.74, 6) is -0.202. The van der Waals surface area contributed by atoms with Crippen LogP contribution in [0.4, 0.5) is 17.1 Å². The summed E-state index contributed by atoms with van der Waals surface area (Å²) in [5.41, 5.74) is 0.933. The molecular weight excluding hydrogens is 406 g/mol. The van der Waals surface area contributed by atoms with Crippen LogP contribution >= 0.6 is 0 Å². The molecule has 11 heteroatoms. The van der Waals surface area contributed by atoms with Gasteiger partial charge in [-0.05, 0) is 44.0 Å². The van der Waals surface area contributed by atoms with Crippen LogP contribution < -0.4 is 10.1 Å². The number of amides is 1. The fourth-order valence-corrected chi connectivity index (χ4v) is 3.12. The highest BCUT2D eigenvalue weighted by molar-refractivity contribution is 6.06. The molecule has 0 atom stereocenters. The van der Waals surface area contributed by atoms with Gasteiger partial charge in [0.2, 0.25) is 5.69 Å². The van der Waals surface area contributed by atoms with Crippen molar-refractivity contribution < 1.29 is 19.4 Å².